The second-order valence-electron chi connectivity index (χ2n) is 4.23. The molecule has 0 spiro atoms. The molecule has 3 nitrogen and oxygen atoms in total. The summed E-state index contributed by atoms with van der Waals surface area (Å²) in [5.74, 6) is -0.165. The first-order valence-electron chi connectivity index (χ1n) is 6.09. The van der Waals surface area contributed by atoms with Crippen molar-refractivity contribution in [1.29, 1.82) is 0 Å². The van der Waals surface area contributed by atoms with Gasteiger partial charge in [0.1, 0.15) is 11.3 Å². The van der Waals surface area contributed by atoms with Crippen molar-refractivity contribution in [2.75, 3.05) is 6.54 Å². The predicted octanol–water partition coefficient (Wildman–Crippen LogP) is 3.81. The Labute approximate surface area is 120 Å². The molecule has 1 heterocycles. The van der Waals surface area contributed by atoms with E-state index < -0.39 is 0 Å². The summed E-state index contributed by atoms with van der Waals surface area (Å²) in [6.45, 7) is 6.71. The quantitative estimate of drug-likeness (QED) is 0.910. The van der Waals surface area contributed by atoms with Gasteiger partial charge < -0.3 is 5.32 Å². The Hall–Kier alpha value is -0.980. The molecule has 0 aliphatic heterocycles. The molecule has 1 N–H and O–H groups in total. The number of hydrogen-bond donors (Lipinski definition) is 1. The molecule has 0 aliphatic carbocycles. The second kappa shape index (κ2) is 6.45. The van der Waals surface area contributed by atoms with E-state index in [0.717, 1.165) is 21.3 Å². The van der Waals surface area contributed by atoms with Crippen LogP contribution in [0.25, 0.3) is 0 Å². The molecule has 1 unspecified atom stereocenters. The van der Waals surface area contributed by atoms with Crippen molar-refractivity contribution < 1.29 is 4.39 Å². The SMILES string of the molecule is CCNC(C)c1cc(F)c(C)cc1Sc1nncs1. The molecule has 1 atom stereocenters. The first-order valence-corrected chi connectivity index (χ1v) is 7.79. The van der Waals surface area contributed by atoms with Gasteiger partial charge in [0.25, 0.3) is 0 Å². The van der Waals surface area contributed by atoms with Crippen LogP contribution in [0.5, 0.6) is 0 Å². The van der Waals surface area contributed by atoms with Crippen LogP contribution < -0.4 is 5.32 Å². The molecule has 1 aromatic heterocycles. The van der Waals surface area contributed by atoms with Crippen molar-refractivity contribution >= 4 is 23.1 Å². The number of aryl methyl sites for hydroxylation is 1. The number of nitrogens with zero attached hydrogens (tertiary/aromatic N) is 2. The number of nitrogens with one attached hydrogen (secondary N) is 1. The van der Waals surface area contributed by atoms with Gasteiger partial charge in [-0.2, -0.15) is 0 Å². The van der Waals surface area contributed by atoms with Crippen LogP contribution in [-0.4, -0.2) is 16.7 Å². The van der Waals surface area contributed by atoms with Gasteiger partial charge in [-0.3, -0.25) is 0 Å². The molecule has 0 saturated carbocycles. The summed E-state index contributed by atoms with van der Waals surface area (Å²) in [5, 5.41) is 11.2. The van der Waals surface area contributed by atoms with E-state index in [2.05, 4.69) is 15.5 Å². The topological polar surface area (TPSA) is 37.8 Å². The lowest BCUT2D eigenvalue weighted by molar-refractivity contribution is 0.571. The molecule has 0 amide bonds. The molecule has 0 fully saturated rings. The number of aromatic nitrogens is 2. The molecule has 19 heavy (non-hydrogen) atoms. The van der Waals surface area contributed by atoms with Crippen LogP contribution in [0.4, 0.5) is 4.39 Å². The zero-order valence-electron chi connectivity index (χ0n) is 11.1. The third kappa shape index (κ3) is 3.52. The van der Waals surface area contributed by atoms with Crippen LogP contribution in [-0.2, 0) is 0 Å². The fraction of sp³-hybridized carbons (Fsp3) is 0.385. The summed E-state index contributed by atoms with van der Waals surface area (Å²) < 4.78 is 14.6. The van der Waals surface area contributed by atoms with Gasteiger partial charge in [0.05, 0.1) is 0 Å². The van der Waals surface area contributed by atoms with Crippen LogP contribution >= 0.6 is 23.1 Å². The molecule has 0 bridgehead atoms. The highest BCUT2D eigenvalue weighted by Gasteiger charge is 2.15. The van der Waals surface area contributed by atoms with E-state index in [1.165, 1.54) is 23.1 Å². The normalized spacial score (nSPS) is 12.6. The largest absolute Gasteiger partial charge is 0.310 e. The zero-order valence-corrected chi connectivity index (χ0v) is 12.7. The fourth-order valence-corrected chi connectivity index (χ4v) is 3.55. The Morgan fingerprint density at radius 2 is 2.26 bits per heavy atom. The van der Waals surface area contributed by atoms with Gasteiger partial charge in [-0.05, 0) is 43.7 Å². The molecule has 0 saturated heterocycles. The summed E-state index contributed by atoms with van der Waals surface area (Å²) >= 11 is 3.02. The molecule has 1 aromatic carbocycles. The van der Waals surface area contributed by atoms with E-state index in [4.69, 9.17) is 0 Å². The van der Waals surface area contributed by atoms with E-state index in [-0.39, 0.29) is 11.9 Å². The van der Waals surface area contributed by atoms with Crippen LogP contribution in [0.3, 0.4) is 0 Å². The third-order valence-corrected chi connectivity index (χ3v) is 4.66. The number of hydrogen-bond acceptors (Lipinski definition) is 5. The first kappa shape index (κ1) is 14.4. The van der Waals surface area contributed by atoms with E-state index in [0.29, 0.717) is 5.56 Å². The molecule has 0 aliphatic rings. The Kier molecular flexibility index (Phi) is 4.90. The van der Waals surface area contributed by atoms with Gasteiger partial charge in [-0.1, -0.05) is 30.0 Å². The maximum absolute atomic E-state index is 13.8. The van der Waals surface area contributed by atoms with Crippen LogP contribution in [0.15, 0.2) is 26.9 Å². The van der Waals surface area contributed by atoms with Crippen LogP contribution in [0, 0.1) is 12.7 Å². The Morgan fingerprint density at radius 3 is 2.89 bits per heavy atom. The smallest absolute Gasteiger partial charge is 0.178 e. The minimum absolute atomic E-state index is 0.107. The number of rotatable bonds is 5. The zero-order chi connectivity index (χ0) is 13.8. The maximum atomic E-state index is 13.8. The van der Waals surface area contributed by atoms with Crippen LogP contribution in [0.2, 0.25) is 0 Å². The summed E-state index contributed by atoms with van der Waals surface area (Å²) in [7, 11) is 0. The van der Waals surface area contributed by atoms with Crippen molar-refractivity contribution in [2.45, 2.75) is 36.0 Å². The molecular weight excluding hydrogens is 281 g/mol. The summed E-state index contributed by atoms with van der Waals surface area (Å²) in [5.41, 5.74) is 3.32. The second-order valence-corrected chi connectivity index (χ2v) is 6.35. The monoisotopic (exact) mass is 297 g/mol. The predicted molar refractivity (Wildman–Crippen MR) is 77.3 cm³/mol. The molecule has 102 valence electrons. The molecule has 6 heteroatoms. The Morgan fingerprint density at radius 1 is 1.47 bits per heavy atom. The van der Waals surface area contributed by atoms with E-state index >= 15 is 0 Å². The highest BCUT2D eigenvalue weighted by molar-refractivity contribution is 8.01. The Balaban J connectivity index is 2.36. The van der Waals surface area contributed by atoms with Gasteiger partial charge in [0, 0.05) is 10.9 Å². The minimum atomic E-state index is -0.165. The fourth-order valence-electron chi connectivity index (χ4n) is 1.81. The van der Waals surface area contributed by atoms with Crippen molar-refractivity contribution in [3.05, 3.63) is 34.6 Å². The lowest BCUT2D eigenvalue weighted by Crippen LogP contribution is -2.18. The van der Waals surface area contributed by atoms with Gasteiger partial charge >= 0.3 is 0 Å². The summed E-state index contributed by atoms with van der Waals surface area (Å²) in [6, 6.07) is 3.60. The van der Waals surface area contributed by atoms with Gasteiger partial charge in [0.15, 0.2) is 4.34 Å². The first-order chi connectivity index (χ1) is 9.11. The van der Waals surface area contributed by atoms with Crippen molar-refractivity contribution in [2.24, 2.45) is 0 Å². The summed E-state index contributed by atoms with van der Waals surface area (Å²) in [4.78, 5) is 1.03. The molecule has 2 aromatic rings. The highest BCUT2D eigenvalue weighted by Crippen LogP contribution is 2.35. The average Bonchev–Trinajstić information content (AvgIpc) is 2.86. The van der Waals surface area contributed by atoms with Crippen molar-refractivity contribution in [3.63, 3.8) is 0 Å². The minimum Gasteiger partial charge on any atom is -0.310 e. The molecule has 0 radical (unpaired) electrons. The number of halogens is 1. The highest BCUT2D eigenvalue weighted by atomic mass is 32.2. The van der Waals surface area contributed by atoms with Gasteiger partial charge in [0.2, 0.25) is 0 Å². The average molecular weight is 297 g/mol. The lowest BCUT2D eigenvalue weighted by Gasteiger charge is -2.17. The van der Waals surface area contributed by atoms with Crippen molar-refractivity contribution in [1.82, 2.24) is 15.5 Å². The van der Waals surface area contributed by atoms with Gasteiger partial charge in [-0.25, -0.2) is 4.39 Å². The molecular formula is C13H16FN3S2. The van der Waals surface area contributed by atoms with E-state index in [9.17, 15) is 4.39 Å². The summed E-state index contributed by atoms with van der Waals surface area (Å²) in [6.07, 6.45) is 0. The van der Waals surface area contributed by atoms with Crippen LogP contribution in [0.1, 0.15) is 31.0 Å². The molecule has 2 rings (SSSR count). The van der Waals surface area contributed by atoms with Gasteiger partial charge in [-0.15, -0.1) is 10.2 Å². The van der Waals surface area contributed by atoms with Crippen molar-refractivity contribution in [3.8, 4) is 0 Å². The number of benzene rings is 1. The van der Waals surface area contributed by atoms with E-state index in [1.807, 2.05) is 19.9 Å². The lowest BCUT2D eigenvalue weighted by atomic mass is 10.1. The maximum Gasteiger partial charge on any atom is 0.178 e. The Bertz CT molecular complexity index is 543. The standard InChI is InChI=1S/C13H16FN3S2/c1-4-15-9(3)10-6-11(14)8(2)5-12(10)19-13-17-16-7-18-13/h5-7,9,15H,4H2,1-3H3. The van der Waals surface area contributed by atoms with E-state index in [1.54, 1.807) is 18.5 Å². The third-order valence-electron chi connectivity index (χ3n) is 2.81.